The van der Waals surface area contributed by atoms with Gasteiger partial charge in [-0.15, -0.1) is 10.2 Å². The van der Waals surface area contributed by atoms with Gasteiger partial charge in [-0.3, -0.25) is 14.3 Å². The fourth-order valence-corrected chi connectivity index (χ4v) is 4.20. The minimum atomic E-state index is -0.300. The molecular weight excluding hydrogens is 437 g/mol. The molecule has 0 fully saturated rings. The number of hydrogen-bond donors (Lipinski definition) is 1. The highest BCUT2D eigenvalue weighted by Gasteiger charge is 2.20. The van der Waals surface area contributed by atoms with Crippen molar-refractivity contribution in [2.45, 2.75) is 31.5 Å². The SMILES string of the molecule is CC(C)c1ccccc1-n1c(SCC(=O)NCc2ccc(F)cc2)nnc1-c1cccnc1. The Morgan fingerprint density at radius 1 is 1.06 bits per heavy atom. The molecule has 2 aromatic carbocycles. The van der Waals surface area contributed by atoms with E-state index in [1.165, 1.54) is 23.9 Å². The first-order valence-corrected chi connectivity index (χ1v) is 11.6. The maximum absolute atomic E-state index is 13.1. The van der Waals surface area contributed by atoms with Crippen molar-refractivity contribution in [1.82, 2.24) is 25.1 Å². The van der Waals surface area contributed by atoms with Crippen molar-refractivity contribution in [2.24, 2.45) is 0 Å². The zero-order chi connectivity index (χ0) is 23.2. The lowest BCUT2D eigenvalue weighted by Gasteiger charge is -2.16. The number of carbonyl (C=O) groups excluding carboxylic acids is 1. The first-order chi connectivity index (χ1) is 16.0. The van der Waals surface area contributed by atoms with Gasteiger partial charge in [-0.05, 0) is 47.4 Å². The Balaban J connectivity index is 1.58. The lowest BCUT2D eigenvalue weighted by Crippen LogP contribution is -2.24. The van der Waals surface area contributed by atoms with Crippen molar-refractivity contribution in [1.29, 1.82) is 0 Å². The van der Waals surface area contributed by atoms with Gasteiger partial charge in [0, 0.05) is 24.5 Å². The fraction of sp³-hybridized carbons (Fsp3) is 0.200. The van der Waals surface area contributed by atoms with Crippen LogP contribution in [0.5, 0.6) is 0 Å². The molecule has 0 radical (unpaired) electrons. The van der Waals surface area contributed by atoms with Crippen molar-refractivity contribution in [3.8, 4) is 17.1 Å². The fourth-order valence-electron chi connectivity index (χ4n) is 3.43. The Hall–Kier alpha value is -3.52. The van der Waals surface area contributed by atoms with Gasteiger partial charge in [0.2, 0.25) is 5.91 Å². The summed E-state index contributed by atoms with van der Waals surface area (Å²) in [6.45, 7) is 4.62. The molecule has 0 bridgehead atoms. The molecule has 0 aliphatic heterocycles. The second-order valence-corrected chi connectivity index (χ2v) is 8.73. The van der Waals surface area contributed by atoms with Crippen LogP contribution in [0, 0.1) is 5.82 Å². The van der Waals surface area contributed by atoms with Gasteiger partial charge in [0.25, 0.3) is 0 Å². The third-order valence-electron chi connectivity index (χ3n) is 5.09. The molecule has 0 atom stereocenters. The standard InChI is InChI=1S/C25H24FN5OS/c1-17(2)21-7-3-4-8-22(21)31-24(19-6-5-13-27-15-19)29-30-25(31)33-16-23(32)28-14-18-9-11-20(26)12-10-18/h3-13,15,17H,14,16H2,1-2H3,(H,28,32). The summed E-state index contributed by atoms with van der Waals surface area (Å²) in [6, 6.07) is 18.0. The quantitative estimate of drug-likeness (QED) is 0.374. The van der Waals surface area contributed by atoms with Gasteiger partial charge >= 0.3 is 0 Å². The zero-order valence-electron chi connectivity index (χ0n) is 18.4. The van der Waals surface area contributed by atoms with E-state index in [-0.39, 0.29) is 17.5 Å². The Morgan fingerprint density at radius 3 is 2.58 bits per heavy atom. The molecule has 0 saturated carbocycles. The van der Waals surface area contributed by atoms with Crippen molar-refractivity contribution in [3.05, 3.63) is 90.0 Å². The molecule has 4 aromatic rings. The Bertz CT molecular complexity index is 1230. The van der Waals surface area contributed by atoms with Crippen molar-refractivity contribution < 1.29 is 9.18 Å². The van der Waals surface area contributed by atoms with E-state index in [0.717, 1.165) is 22.4 Å². The predicted molar refractivity (Wildman–Crippen MR) is 128 cm³/mol. The number of pyridine rings is 1. The smallest absolute Gasteiger partial charge is 0.230 e. The largest absolute Gasteiger partial charge is 0.351 e. The number of amides is 1. The van der Waals surface area contributed by atoms with Gasteiger partial charge in [-0.2, -0.15) is 0 Å². The highest BCUT2D eigenvalue weighted by atomic mass is 32.2. The first-order valence-electron chi connectivity index (χ1n) is 10.6. The summed E-state index contributed by atoms with van der Waals surface area (Å²) in [5.41, 5.74) is 3.81. The third-order valence-corrected chi connectivity index (χ3v) is 6.02. The summed E-state index contributed by atoms with van der Waals surface area (Å²) in [7, 11) is 0. The van der Waals surface area contributed by atoms with Gasteiger partial charge < -0.3 is 5.32 Å². The minimum absolute atomic E-state index is 0.140. The van der Waals surface area contributed by atoms with E-state index in [1.807, 2.05) is 34.9 Å². The second kappa shape index (κ2) is 10.4. The third kappa shape index (κ3) is 5.46. The van der Waals surface area contributed by atoms with E-state index in [0.29, 0.717) is 23.4 Å². The second-order valence-electron chi connectivity index (χ2n) is 7.79. The van der Waals surface area contributed by atoms with Crippen LogP contribution in [-0.2, 0) is 11.3 Å². The van der Waals surface area contributed by atoms with E-state index < -0.39 is 0 Å². The number of halogens is 1. The number of hydrogen-bond acceptors (Lipinski definition) is 5. The number of thioether (sulfide) groups is 1. The van der Waals surface area contributed by atoms with E-state index in [4.69, 9.17) is 0 Å². The molecule has 2 heterocycles. The normalized spacial score (nSPS) is 11.0. The molecule has 2 aromatic heterocycles. The van der Waals surface area contributed by atoms with Crippen molar-refractivity contribution >= 4 is 17.7 Å². The molecule has 33 heavy (non-hydrogen) atoms. The van der Waals surface area contributed by atoms with Gasteiger partial charge in [0.15, 0.2) is 11.0 Å². The number of nitrogens with one attached hydrogen (secondary N) is 1. The summed E-state index contributed by atoms with van der Waals surface area (Å²) in [4.78, 5) is 16.7. The molecule has 168 valence electrons. The topological polar surface area (TPSA) is 72.7 Å². The van der Waals surface area contributed by atoms with Crippen LogP contribution in [0.4, 0.5) is 4.39 Å². The van der Waals surface area contributed by atoms with Crippen LogP contribution < -0.4 is 5.32 Å². The molecule has 0 spiro atoms. The summed E-state index contributed by atoms with van der Waals surface area (Å²) in [6.07, 6.45) is 3.47. The van der Waals surface area contributed by atoms with Crippen LogP contribution in [0.25, 0.3) is 17.1 Å². The highest BCUT2D eigenvalue weighted by molar-refractivity contribution is 7.99. The molecule has 8 heteroatoms. The minimum Gasteiger partial charge on any atom is -0.351 e. The molecular formula is C25H24FN5OS. The van der Waals surface area contributed by atoms with Crippen LogP contribution in [0.15, 0.2) is 78.2 Å². The molecule has 1 amide bonds. The number of nitrogens with zero attached hydrogens (tertiary/aromatic N) is 4. The van der Waals surface area contributed by atoms with Crippen molar-refractivity contribution in [2.75, 3.05) is 5.75 Å². The van der Waals surface area contributed by atoms with E-state index in [1.54, 1.807) is 24.5 Å². The molecule has 0 aliphatic rings. The molecule has 1 N–H and O–H groups in total. The molecule has 0 unspecified atom stereocenters. The molecule has 4 rings (SSSR count). The van der Waals surface area contributed by atoms with Gasteiger partial charge in [-0.1, -0.05) is 55.9 Å². The van der Waals surface area contributed by atoms with Crippen LogP contribution in [0.2, 0.25) is 0 Å². The summed E-state index contributed by atoms with van der Waals surface area (Å²) in [5, 5.41) is 12.3. The van der Waals surface area contributed by atoms with Crippen molar-refractivity contribution in [3.63, 3.8) is 0 Å². The van der Waals surface area contributed by atoms with Gasteiger partial charge in [0.05, 0.1) is 11.4 Å². The Kier molecular flexibility index (Phi) is 7.14. The monoisotopic (exact) mass is 461 g/mol. The zero-order valence-corrected chi connectivity index (χ0v) is 19.2. The molecule has 6 nitrogen and oxygen atoms in total. The Morgan fingerprint density at radius 2 is 1.85 bits per heavy atom. The molecule has 0 saturated heterocycles. The average molecular weight is 462 g/mol. The average Bonchev–Trinajstić information content (AvgIpc) is 3.26. The number of aromatic nitrogens is 4. The van der Waals surface area contributed by atoms with E-state index in [2.05, 4.69) is 40.4 Å². The summed E-state index contributed by atoms with van der Waals surface area (Å²) < 4.78 is 15.1. The Labute approximate surface area is 196 Å². The number of para-hydroxylation sites is 1. The van der Waals surface area contributed by atoms with E-state index >= 15 is 0 Å². The lowest BCUT2D eigenvalue weighted by molar-refractivity contribution is -0.118. The maximum Gasteiger partial charge on any atom is 0.230 e. The first kappa shape index (κ1) is 22.7. The number of carbonyl (C=O) groups is 1. The predicted octanol–water partition coefficient (Wildman–Crippen LogP) is 5.00. The van der Waals surface area contributed by atoms with Gasteiger partial charge in [-0.25, -0.2) is 4.39 Å². The van der Waals surface area contributed by atoms with E-state index in [9.17, 15) is 9.18 Å². The van der Waals surface area contributed by atoms with Crippen LogP contribution in [0.3, 0.4) is 0 Å². The summed E-state index contributed by atoms with van der Waals surface area (Å²) in [5.74, 6) is 0.702. The van der Waals surface area contributed by atoms with Crippen LogP contribution in [0.1, 0.15) is 30.9 Å². The number of benzene rings is 2. The summed E-state index contributed by atoms with van der Waals surface area (Å²) >= 11 is 1.32. The van der Waals surface area contributed by atoms with Crippen LogP contribution >= 0.6 is 11.8 Å². The van der Waals surface area contributed by atoms with Crippen LogP contribution in [-0.4, -0.2) is 31.4 Å². The maximum atomic E-state index is 13.1. The highest BCUT2D eigenvalue weighted by Crippen LogP contribution is 2.31. The number of rotatable bonds is 8. The lowest BCUT2D eigenvalue weighted by atomic mass is 10.0. The molecule has 0 aliphatic carbocycles. The van der Waals surface area contributed by atoms with Gasteiger partial charge in [0.1, 0.15) is 5.82 Å².